The van der Waals surface area contributed by atoms with E-state index in [1.807, 2.05) is 12.1 Å². The van der Waals surface area contributed by atoms with E-state index in [-0.39, 0.29) is 5.91 Å². The summed E-state index contributed by atoms with van der Waals surface area (Å²) in [6, 6.07) is 10.5. The summed E-state index contributed by atoms with van der Waals surface area (Å²) >= 11 is 0. The van der Waals surface area contributed by atoms with E-state index >= 15 is 0 Å². The number of rotatable bonds is 3. The Morgan fingerprint density at radius 1 is 1.42 bits per heavy atom. The molecule has 0 atom stereocenters. The first-order chi connectivity index (χ1) is 9.26. The van der Waals surface area contributed by atoms with E-state index in [0.717, 1.165) is 5.69 Å². The molecule has 0 spiro atoms. The molecule has 0 aliphatic heterocycles. The number of carbonyl (C=O) groups excluding carboxylic acids is 1. The maximum Gasteiger partial charge on any atom is 0.256 e. The van der Waals surface area contributed by atoms with Crippen LogP contribution in [0.25, 0.3) is 0 Å². The van der Waals surface area contributed by atoms with Gasteiger partial charge >= 0.3 is 0 Å². The Morgan fingerprint density at radius 2 is 2.26 bits per heavy atom. The Labute approximate surface area is 110 Å². The lowest BCUT2D eigenvalue weighted by Gasteiger charge is -2.01. The number of nitriles is 1. The number of carbonyl (C=O) groups is 1. The topological polar surface area (TPSA) is 81.6 Å². The molecule has 1 amide bonds. The second-order valence-electron chi connectivity index (χ2n) is 4.63. The van der Waals surface area contributed by atoms with E-state index in [0.29, 0.717) is 22.9 Å². The van der Waals surface area contributed by atoms with Crippen LogP contribution in [0.1, 0.15) is 40.4 Å². The van der Waals surface area contributed by atoms with Crippen LogP contribution in [-0.2, 0) is 0 Å². The second kappa shape index (κ2) is 4.58. The molecule has 5 heteroatoms. The average Bonchev–Trinajstić information content (AvgIpc) is 3.19. The van der Waals surface area contributed by atoms with Gasteiger partial charge in [-0.3, -0.25) is 9.89 Å². The van der Waals surface area contributed by atoms with Gasteiger partial charge in [0.2, 0.25) is 0 Å². The van der Waals surface area contributed by atoms with Crippen molar-refractivity contribution in [3.05, 3.63) is 47.2 Å². The minimum Gasteiger partial charge on any atom is -0.305 e. The van der Waals surface area contributed by atoms with Crippen molar-refractivity contribution in [2.75, 3.05) is 5.32 Å². The Morgan fingerprint density at radius 3 is 3.00 bits per heavy atom. The zero-order chi connectivity index (χ0) is 13.2. The van der Waals surface area contributed by atoms with Crippen LogP contribution in [-0.4, -0.2) is 16.1 Å². The fraction of sp³-hybridized carbons (Fsp3) is 0.214. The summed E-state index contributed by atoms with van der Waals surface area (Å²) in [6.45, 7) is 0. The zero-order valence-electron chi connectivity index (χ0n) is 10.2. The van der Waals surface area contributed by atoms with Gasteiger partial charge in [-0.05, 0) is 31.0 Å². The number of benzene rings is 1. The summed E-state index contributed by atoms with van der Waals surface area (Å²) in [5.41, 5.74) is 1.99. The zero-order valence-corrected chi connectivity index (χ0v) is 10.2. The standard InChI is InChI=1S/C14H12N4O/c15-8-9-2-1-3-11(6-9)14(19)16-13-7-12(17-18-13)10-4-5-10/h1-3,6-7,10H,4-5H2,(H2,16,17,18,19). The summed E-state index contributed by atoms with van der Waals surface area (Å²) in [5, 5.41) is 18.5. The predicted octanol–water partition coefficient (Wildman–Crippen LogP) is 2.41. The molecule has 1 aromatic heterocycles. The number of hydrogen-bond acceptors (Lipinski definition) is 3. The van der Waals surface area contributed by atoms with Crippen molar-refractivity contribution in [1.82, 2.24) is 10.2 Å². The highest BCUT2D eigenvalue weighted by molar-refractivity contribution is 6.03. The predicted molar refractivity (Wildman–Crippen MR) is 69.7 cm³/mol. The van der Waals surface area contributed by atoms with Crippen LogP contribution in [0.4, 0.5) is 5.82 Å². The molecule has 1 aliphatic carbocycles. The van der Waals surface area contributed by atoms with E-state index in [9.17, 15) is 4.79 Å². The van der Waals surface area contributed by atoms with Gasteiger partial charge < -0.3 is 5.32 Å². The van der Waals surface area contributed by atoms with Gasteiger partial charge in [0.05, 0.1) is 11.6 Å². The molecule has 1 heterocycles. The van der Waals surface area contributed by atoms with Gasteiger partial charge in [0, 0.05) is 23.2 Å². The molecule has 1 fully saturated rings. The van der Waals surface area contributed by atoms with Gasteiger partial charge in [-0.25, -0.2) is 0 Å². The monoisotopic (exact) mass is 252 g/mol. The second-order valence-corrected chi connectivity index (χ2v) is 4.63. The molecule has 19 heavy (non-hydrogen) atoms. The van der Waals surface area contributed by atoms with Crippen LogP contribution in [0.3, 0.4) is 0 Å². The van der Waals surface area contributed by atoms with Crippen LogP contribution in [0.2, 0.25) is 0 Å². The van der Waals surface area contributed by atoms with Crippen molar-refractivity contribution in [2.45, 2.75) is 18.8 Å². The number of aromatic nitrogens is 2. The molecular weight excluding hydrogens is 240 g/mol. The minimum atomic E-state index is -0.258. The SMILES string of the molecule is N#Cc1cccc(C(=O)Nc2cc(C3CC3)[nH]n2)c1. The lowest BCUT2D eigenvalue weighted by atomic mass is 10.1. The summed E-state index contributed by atoms with van der Waals surface area (Å²) in [5.74, 6) is 0.834. The highest BCUT2D eigenvalue weighted by atomic mass is 16.1. The van der Waals surface area contributed by atoms with E-state index in [1.165, 1.54) is 12.8 Å². The van der Waals surface area contributed by atoms with Crippen LogP contribution in [0.15, 0.2) is 30.3 Å². The van der Waals surface area contributed by atoms with Crippen molar-refractivity contribution < 1.29 is 4.79 Å². The third-order valence-corrected chi connectivity index (χ3v) is 3.11. The van der Waals surface area contributed by atoms with Crippen molar-refractivity contribution in [2.24, 2.45) is 0 Å². The first-order valence-electron chi connectivity index (χ1n) is 6.13. The largest absolute Gasteiger partial charge is 0.305 e. The number of aromatic amines is 1. The minimum absolute atomic E-state index is 0.258. The molecule has 3 rings (SSSR count). The van der Waals surface area contributed by atoms with E-state index in [2.05, 4.69) is 15.5 Å². The number of anilines is 1. The molecule has 1 aromatic carbocycles. The van der Waals surface area contributed by atoms with Gasteiger partial charge in [-0.15, -0.1) is 0 Å². The summed E-state index contributed by atoms with van der Waals surface area (Å²) in [4.78, 5) is 12.0. The van der Waals surface area contributed by atoms with E-state index < -0.39 is 0 Å². The third kappa shape index (κ3) is 2.47. The van der Waals surface area contributed by atoms with Crippen LogP contribution in [0.5, 0.6) is 0 Å². The molecule has 1 aliphatic rings. The molecule has 2 aromatic rings. The Hall–Kier alpha value is -2.61. The fourth-order valence-electron chi connectivity index (χ4n) is 1.92. The van der Waals surface area contributed by atoms with Crippen LogP contribution >= 0.6 is 0 Å². The van der Waals surface area contributed by atoms with Crippen LogP contribution in [0, 0.1) is 11.3 Å². The lowest BCUT2D eigenvalue weighted by molar-refractivity contribution is 0.102. The molecule has 0 unspecified atom stereocenters. The van der Waals surface area contributed by atoms with Gasteiger partial charge in [0.25, 0.3) is 5.91 Å². The average molecular weight is 252 g/mol. The Bertz CT molecular complexity index is 664. The number of amides is 1. The molecule has 0 saturated heterocycles. The van der Waals surface area contributed by atoms with Crippen molar-refractivity contribution >= 4 is 11.7 Å². The number of H-pyrrole nitrogens is 1. The first-order valence-corrected chi connectivity index (χ1v) is 6.13. The normalized spacial score (nSPS) is 13.8. The molecule has 1 saturated carbocycles. The molecule has 0 bridgehead atoms. The summed E-state index contributed by atoms with van der Waals surface area (Å²) < 4.78 is 0. The smallest absolute Gasteiger partial charge is 0.256 e. The summed E-state index contributed by atoms with van der Waals surface area (Å²) in [6.07, 6.45) is 2.36. The molecule has 5 nitrogen and oxygen atoms in total. The highest BCUT2D eigenvalue weighted by Crippen LogP contribution is 2.39. The quantitative estimate of drug-likeness (QED) is 0.880. The third-order valence-electron chi connectivity index (χ3n) is 3.11. The van der Waals surface area contributed by atoms with Crippen LogP contribution < -0.4 is 5.32 Å². The molecule has 94 valence electrons. The van der Waals surface area contributed by atoms with Gasteiger partial charge in [-0.2, -0.15) is 10.4 Å². The van der Waals surface area contributed by atoms with E-state index in [1.54, 1.807) is 24.3 Å². The number of nitrogens with one attached hydrogen (secondary N) is 2. The Balaban J connectivity index is 1.74. The van der Waals surface area contributed by atoms with Gasteiger partial charge in [0.1, 0.15) is 0 Å². The maximum atomic E-state index is 12.0. The molecule has 0 radical (unpaired) electrons. The Kier molecular flexibility index (Phi) is 2.76. The molecular formula is C14H12N4O. The van der Waals surface area contributed by atoms with E-state index in [4.69, 9.17) is 5.26 Å². The van der Waals surface area contributed by atoms with Crippen molar-refractivity contribution in [3.63, 3.8) is 0 Å². The first kappa shape index (κ1) is 11.5. The van der Waals surface area contributed by atoms with Gasteiger partial charge in [0.15, 0.2) is 5.82 Å². The highest BCUT2D eigenvalue weighted by Gasteiger charge is 2.25. The van der Waals surface area contributed by atoms with Gasteiger partial charge in [-0.1, -0.05) is 6.07 Å². The van der Waals surface area contributed by atoms with Crippen molar-refractivity contribution in [1.29, 1.82) is 5.26 Å². The maximum absolute atomic E-state index is 12.0. The number of hydrogen-bond donors (Lipinski definition) is 2. The van der Waals surface area contributed by atoms with Crippen molar-refractivity contribution in [3.8, 4) is 6.07 Å². The summed E-state index contributed by atoms with van der Waals surface area (Å²) in [7, 11) is 0. The molecule has 2 N–H and O–H groups in total. The lowest BCUT2D eigenvalue weighted by Crippen LogP contribution is -2.12. The fourth-order valence-corrected chi connectivity index (χ4v) is 1.92. The number of nitrogens with zero attached hydrogens (tertiary/aromatic N) is 2.